The average molecular weight is 907 g/mol. The standard InChI is InChI=1S/C48H62N8O8Si/c1-61-47(59)53-41(34-17-22-63-23-18-34)45(57)55-21-5-6-37(55)44-51-39(40(52-44)33-15-16-33)32-13-9-30(10-14-32)29-7-11-31(12-8-29)36-26-49-43(50-36)38-27-65(3,4)28-56(38)46(58)42(54-48(60)62-2)35-19-24-64-25-20-35/h7-14,26,33-35,37-38,41-42H,5-6,15-25,27-28H2,1-4H3,(H,49,50)(H,51,52)(H,53,59)(H,54,60)/t37-,38-,41-,42-/m0/s1. The maximum atomic E-state index is 14.3. The van der Waals surface area contributed by atoms with Crippen LogP contribution in [0.1, 0.15) is 86.7 Å². The van der Waals surface area contributed by atoms with Crippen LogP contribution in [0.5, 0.6) is 0 Å². The summed E-state index contributed by atoms with van der Waals surface area (Å²) in [7, 11) is 0.850. The highest BCUT2D eigenvalue weighted by atomic mass is 28.3. The summed E-state index contributed by atoms with van der Waals surface area (Å²) < 4.78 is 21.0. The Hall–Kier alpha value is -5.52. The molecule has 9 rings (SSSR count). The molecule has 4 atom stereocenters. The van der Waals surface area contributed by atoms with E-state index >= 15 is 0 Å². The molecule has 1 saturated carbocycles. The minimum absolute atomic E-state index is 0.0274. The fraction of sp³-hybridized carbons (Fsp3) is 0.542. The molecule has 5 fully saturated rings. The van der Waals surface area contributed by atoms with Gasteiger partial charge in [-0.3, -0.25) is 9.59 Å². The van der Waals surface area contributed by atoms with E-state index in [1.54, 1.807) is 0 Å². The number of hydrogen-bond acceptors (Lipinski definition) is 10. The number of aromatic nitrogens is 4. The van der Waals surface area contributed by atoms with Gasteiger partial charge in [-0.05, 0) is 85.9 Å². The summed E-state index contributed by atoms with van der Waals surface area (Å²) in [6.45, 7) is 7.44. The molecule has 2 aromatic heterocycles. The van der Waals surface area contributed by atoms with Crippen LogP contribution in [0.15, 0.2) is 54.7 Å². The molecule has 4 saturated heterocycles. The number of benzene rings is 2. The molecule has 0 bridgehead atoms. The minimum Gasteiger partial charge on any atom is -0.453 e. The van der Waals surface area contributed by atoms with Crippen LogP contribution in [-0.4, -0.2) is 127 Å². The lowest BCUT2D eigenvalue weighted by molar-refractivity contribution is -0.137. The zero-order valence-electron chi connectivity index (χ0n) is 37.9. The lowest BCUT2D eigenvalue weighted by atomic mass is 9.90. The zero-order chi connectivity index (χ0) is 45.2. The minimum atomic E-state index is -1.79. The van der Waals surface area contributed by atoms with Crippen molar-refractivity contribution in [2.75, 3.05) is 53.4 Å². The van der Waals surface area contributed by atoms with Crippen LogP contribution < -0.4 is 10.6 Å². The number of rotatable bonds is 12. The van der Waals surface area contributed by atoms with Gasteiger partial charge in [-0.2, -0.15) is 0 Å². The molecular formula is C48H62N8O8Si. The molecule has 17 heteroatoms. The zero-order valence-corrected chi connectivity index (χ0v) is 38.9. The van der Waals surface area contributed by atoms with Gasteiger partial charge in [0.2, 0.25) is 11.8 Å². The molecule has 0 unspecified atom stereocenters. The number of nitrogens with one attached hydrogen (secondary N) is 4. The van der Waals surface area contributed by atoms with Crippen molar-refractivity contribution in [3.8, 4) is 33.6 Å². The van der Waals surface area contributed by atoms with E-state index < -0.39 is 32.3 Å². The van der Waals surface area contributed by atoms with Crippen LogP contribution in [0.4, 0.5) is 9.59 Å². The molecule has 2 aromatic carbocycles. The van der Waals surface area contributed by atoms with Gasteiger partial charge in [-0.15, -0.1) is 0 Å². The van der Waals surface area contributed by atoms with E-state index in [4.69, 9.17) is 28.9 Å². The summed E-state index contributed by atoms with van der Waals surface area (Å²) in [5.41, 5.74) is 7.08. The number of amides is 4. The number of imidazole rings is 2. The van der Waals surface area contributed by atoms with Crippen molar-refractivity contribution in [3.63, 3.8) is 0 Å². The SMILES string of the molecule is COC(=O)N[C@H](C(=O)N1C[Si](C)(C)C[C@H]1c1ncc(-c2ccc(-c3ccc(-c4nc([C@@H]5CCCN5C(=O)[C@@H](NC(=O)OC)C5CCOCC5)[nH]c4C4CC4)cc3)cc2)[nH]1)C1CCOCC1. The summed E-state index contributed by atoms with van der Waals surface area (Å²) in [4.78, 5) is 74.5. The first-order chi connectivity index (χ1) is 31.5. The number of carbonyl (C=O) groups is 4. The lowest BCUT2D eigenvalue weighted by Crippen LogP contribution is -2.53. The second-order valence-corrected chi connectivity index (χ2v) is 24.2. The number of aromatic amines is 2. The third-order valence-electron chi connectivity index (χ3n) is 14.1. The third-order valence-corrected chi connectivity index (χ3v) is 16.8. The fourth-order valence-corrected chi connectivity index (χ4v) is 13.3. The van der Waals surface area contributed by atoms with E-state index in [9.17, 15) is 19.2 Å². The summed E-state index contributed by atoms with van der Waals surface area (Å²) in [5, 5.41) is 5.71. The van der Waals surface area contributed by atoms with Gasteiger partial charge in [-0.25, -0.2) is 19.6 Å². The van der Waals surface area contributed by atoms with Gasteiger partial charge in [-0.1, -0.05) is 61.6 Å². The van der Waals surface area contributed by atoms with Gasteiger partial charge < -0.3 is 49.3 Å². The van der Waals surface area contributed by atoms with Crippen molar-refractivity contribution in [1.82, 2.24) is 40.4 Å². The molecule has 6 heterocycles. The Labute approximate surface area is 380 Å². The number of carbonyl (C=O) groups excluding carboxylic acids is 4. The molecule has 1 aliphatic carbocycles. The summed E-state index contributed by atoms with van der Waals surface area (Å²) >= 11 is 0. The van der Waals surface area contributed by atoms with Crippen molar-refractivity contribution in [2.24, 2.45) is 11.8 Å². The van der Waals surface area contributed by atoms with Crippen LogP contribution >= 0.6 is 0 Å². The Morgan fingerprint density at radius 2 is 1.23 bits per heavy atom. The summed E-state index contributed by atoms with van der Waals surface area (Å²) in [5.74, 6) is 1.71. The first-order valence-corrected chi connectivity index (χ1v) is 26.7. The van der Waals surface area contributed by atoms with Gasteiger partial charge >= 0.3 is 12.2 Å². The normalized spacial score (nSPS) is 22.3. The molecule has 4 aromatic rings. The second kappa shape index (κ2) is 19.1. The number of methoxy groups -OCH3 is 2. The van der Waals surface area contributed by atoms with Gasteiger partial charge in [0.1, 0.15) is 23.7 Å². The first-order valence-electron chi connectivity index (χ1n) is 23.3. The highest BCUT2D eigenvalue weighted by molar-refractivity contribution is 6.78. The molecule has 4 N–H and O–H groups in total. The van der Waals surface area contributed by atoms with Crippen molar-refractivity contribution in [2.45, 2.75) is 101 Å². The maximum Gasteiger partial charge on any atom is 0.407 e. The highest BCUT2D eigenvalue weighted by Crippen LogP contribution is 2.45. The van der Waals surface area contributed by atoms with Crippen molar-refractivity contribution in [1.29, 1.82) is 0 Å². The Morgan fingerprint density at radius 3 is 1.78 bits per heavy atom. The highest BCUT2D eigenvalue weighted by Gasteiger charge is 2.47. The number of hydrogen-bond donors (Lipinski definition) is 4. The molecule has 16 nitrogen and oxygen atoms in total. The topological polar surface area (TPSA) is 193 Å². The van der Waals surface area contributed by atoms with E-state index in [2.05, 4.69) is 82.2 Å². The van der Waals surface area contributed by atoms with Gasteiger partial charge in [0.25, 0.3) is 0 Å². The summed E-state index contributed by atoms with van der Waals surface area (Å²) in [6, 6.07) is 16.0. The molecule has 4 amide bonds. The second-order valence-electron chi connectivity index (χ2n) is 19.2. The van der Waals surface area contributed by atoms with Crippen LogP contribution in [0.3, 0.4) is 0 Å². The van der Waals surface area contributed by atoms with Crippen molar-refractivity contribution < 1.29 is 38.1 Å². The predicted octanol–water partition coefficient (Wildman–Crippen LogP) is 7.11. The molecule has 346 valence electrons. The van der Waals surface area contributed by atoms with Gasteiger partial charge in [0.05, 0.1) is 52.0 Å². The molecule has 0 radical (unpaired) electrons. The molecule has 5 aliphatic rings. The van der Waals surface area contributed by atoms with E-state index in [0.29, 0.717) is 70.7 Å². The van der Waals surface area contributed by atoms with Crippen LogP contribution in [-0.2, 0) is 28.5 Å². The van der Waals surface area contributed by atoms with Crippen LogP contribution in [0, 0.1) is 11.8 Å². The van der Waals surface area contributed by atoms with E-state index in [0.717, 1.165) is 82.7 Å². The van der Waals surface area contributed by atoms with Crippen LogP contribution in [0.2, 0.25) is 19.1 Å². The smallest absolute Gasteiger partial charge is 0.407 e. The Balaban J connectivity index is 0.897. The van der Waals surface area contributed by atoms with Crippen LogP contribution in [0.25, 0.3) is 33.6 Å². The van der Waals surface area contributed by atoms with Crippen molar-refractivity contribution in [3.05, 3.63) is 72.1 Å². The monoisotopic (exact) mass is 906 g/mol. The summed E-state index contributed by atoms with van der Waals surface area (Å²) in [6.07, 6.45) is 7.95. The molecular weight excluding hydrogens is 845 g/mol. The number of alkyl carbamates (subject to hydrolysis) is 2. The number of H-pyrrole nitrogens is 2. The lowest BCUT2D eigenvalue weighted by Gasteiger charge is -2.34. The number of ether oxygens (including phenoxy) is 4. The largest absolute Gasteiger partial charge is 0.453 e. The Bertz CT molecular complexity index is 2330. The molecule has 0 spiro atoms. The third kappa shape index (κ3) is 9.73. The van der Waals surface area contributed by atoms with Gasteiger partial charge in [0.15, 0.2) is 0 Å². The first kappa shape index (κ1) is 44.7. The van der Waals surface area contributed by atoms with E-state index in [-0.39, 0.29) is 35.7 Å². The Morgan fingerprint density at radius 1 is 0.692 bits per heavy atom. The van der Waals surface area contributed by atoms with Gasteiger partial charge in [0, 0.05) is 56.3 Å². The maximum absolute atomic E-state index is 14.3. The van der Waals surface area contributed by atoms with E-state index in [1.165, 1.54) is 14.2 Å². The average Bonchev–Trinajstić information content (AvgIpc) is 3.66. The van der Waals surface area contributed by atoms with E-state index in [1.807, 2.05) is 16.0 Å². The number of likely N-dealkylation sites (tertiary alicyclic amines) is 1. The fourth-order valence-electron chi connectivity index (χ4n) is 10.4. The Kier molecular flexibility index (Phi) is 13.2. The predicted molar refractivity (Wildman–Crippen MR) is 245 cm³/mol. The van der Waals surface area contributed by atoms with Crippen molar-refractivity contribution >= 4 is 32.1 Å². The molecule has 65 heavy (non-hydrogen) atoms. The quantitative estimate of drug-likeness (QED) is 0.107. The number of nitrogens with zero attached hydrogens (tertiary/aromatic N) is 4. The molecule has 4 aliphatic heterocycles.